The minimum absolute atomic E-state index is 0.0355. The summed E-state index contributed by atoms with van der Waals surface area (Å²) in [6, 6.07) is 5.43. The van der Waals surface area contributed by atoms with E-state index in [1.54, 1.807) is 0 Å². The van der Waals surface area contributed by atoms with Gasteiger partial charge in [-0.05, 0) is 17.8 Å². The number of halogens is 3. The van der Waals surface area contributed by atoms with Crippen LogP contribution in [0.4, 0.5) is 13.2 Å². The van der Waals surface area contributed by atoms with Gasteiger partial charge in [0.25, 0.3) is 4.90 Å². The molecule has 0 fully saturated rings. The van der Waals surface area contributed by atoms with Crippen molar-refractivity contribution in [3.8, 4) is 0 Å². The standard InChI is InChI=1S/C7H4F3OS2/c8-7(9,10)12-5-2-1-3-6(4-5)13-11/h1-4H/q+1. The number of thioether (sulfide) groups is 1. The zero-order valence-electron chi connectivity index (χ0n) is 6.17. The minimum Gasteiger partial charge on any atom is -0.160 e. The molecular weight excluding hydrogens is 221 g/mol. The Morgan fingerprint density at radius 3 is 2.54 bits per heavy atom. The monoisotopic (exact) mass is 225 g/mol. The van der Waals surface area contributed by atoms with Gasteiger partial charge in [-0.2, -0.15) is 13.2 Å². The Kier molecular flexibility index (Phi) is 3.27. The van der Waals surface area contributed by atoms with Gasteiger partial charge < -0.3 is 0 Å². The first-order valence-electron chi connectivity index (χ1n) is 3.17. The van der Waals surface area contributed by atoms with Gasteiger partial charge in [-0.3, -0.25) is 0 Å². The van der Waals surface area contributed by atoms with Crippen LogP contribution < -0.4 is 0 Å². The van der Waals surface area contributed by atoms with Crippen molar-refractivity contribution < 1.29 is 17.4 Å². The summed E-state index contributed by atoms with van der Waals surface area (Å²) < 4.78 is 45.8. The van der Waals surface area contributed by atoms with Gasteiger partial charge in [0.15, 0.2) is 0 Å². The molecule has 6 heteroatoms. The summed E-state index contributed by atoms with van der Waals surface area (Å²) in [5, 5.41) is 0. The lowest BCUT2D eigenvalue weighted by Crippen LogP contribution is -1.98. The molecule has 0 aliphatic rings. The number of rotatable bonds is 2. The molecule has 0 aliphatic heterocycles. The fraction of sp³-hybridized carbons (Fsp3) is 0.143. The second kappa shape index (κ2) is 4.06. The van der Waals surface area contributed by atoms with Crippen molar-refractivity contribution in [3.05, 3.63) is 24.3 Å². The summed E-state index contributed by atoms with van der Waals surface area (Å²) in [4.78, 5) is 0.322. The van der Waals surface area contributed by atoms with Crippen LogP contribution in [-0.2, 0) is 15.9 Å². The zero-order chi connectivity index (χ0) is 9.90. The second-order valence-corrected chi connectivity index (χ2v) is 3.88. The molecular formula is C7H4F3OS2+. The third-order valence-electron chi connectivity index (χ3n) is 1.14. The maximum absolute atomic E-state index is 11.9. The van der Waals surface area contributed by atoms with Crippen molar-refractivity contribution in [2.45, 2.75) is 15.3 Å². The second-order valence-electron chi connectivity index (χ2n) is 2.11. The first-order chi connectivity index (χ1) is 6.01. The average molecular weight is 225 g/mol. The molecule has 0 N–H and O–H groups in total. The van der Waals surface area contributed by atoms with Crippen LogP contribution in [0.2, 0.25) is 0 Å². The molecule has 0 heterocycles. The summed E-state index contributed by atoms with van der Waals surface area (Å²) in [5.41, 5.74) is -4.30. The van der Waals surface area contributed by atoms with Crippen LogP contribution >= 0.6 is 11.8 Å². The van der Waals surface area contributed by atoms with Crippen LogP contribution in [0, 0.1) is 0 Å². The minimum atomic E-state index is -4.30. The molecule has 0 unspecified atom stereocenters. The third kappa shape index (κ3) is 3.73. The van der Waals surface area contributed by atoms with Gasteiger partial charge in [0.2, 0.25) is 0 Å². The summed E-state index contributed by atoms with van der Waals surface area (Å²) >= 11 is -0.0437. The zero-order valence-corrected chi connectivity index (χ0v) is 7.80. The molecule has 0 saturated carbocycles. The Bertz CT molecular complexity index is 311. The first-order valence-corrected chi connectivity index (χ1v) is 4.73. The van der Waals surface area contributed by atoms with Crippen LogP contribution in [0.5, 0.6) is 0 Å². The quantitative estimate of drug-likeness (QED) is 0.568. The topological polar surface area (TPSA) is 17.1 Å². The molecule has 0 aliphatic carbocycles. The Morgan fingerprint density at radius 1 is 1.31 bits per heavy atom. The van der Waals surface area contributed by atoms with Crippen molar-refractivity contribution in [3.63, 3.8) is 0 Å². The van der Waals surface area contributed by atoms with Gasteiger partial charge in [-0.15, -0.1) is 0 Å². The van der Waals surface area contributed by atoms with E-state index < -0.39 is 5.51 Å². The largest absolute Gasteiger partial charge is 0.505 e. The molecule has 0 radical (unpaired) electrons. The number of hydrogen-bond acceptors (Lipinski definition) is 2. The molecule has 1 nitrogen and oxygen atoms in total. The van der Waals surface area contributed by atoms with Gasteiger partial charge in [0, 0.05) is 21.2 Å². The maximum atomic E-state index is 11.9. The maximum Gasteiger partial charge on any atom is 0.505 e. The van der Waals surface area contributed by atoms with E-state index in [0.29, 0.717) is 0 Å². The number of benzene rings is 1. The fourth-order valence-electron chi connectivity index (χ4n) is 0.723. The molecule has 0 spiro atoms. The molecule has 0 saturated heterocycles. The Hall–Kier alpha value is -0.620. The molecule has 0 amide bonds. The van der Waals surface area contributed by atoms with Crippen LogP contribution in [0.25, 0.3) is 0 Å². The van der Waals surface area contributed by atoms with Crippen molar-refractivity contribution in [1.29, 1.82) is 0 Å². The smallest absolute Gasteiger partial charge is 0.160 e. The highest BCUT2D eigenvalue weighted by Crippen LogP contribution is 2.36. The Morgan fingerprint density at radius 2 is 2.00 bits per heavy atom. The van der Waals surface area contributed by atoms with E-state index in [4.69, 9.17) is 0 Å². The predicted molar refractivity (Wildman–Crippen MR) is 44.7 cm³/mol. The summed E-state index contributed by atoms with van der Waals surface area (Å²) in [5.74, 6) is 0. The summed E-state index contributed by atoms with van der Waals surface area (Å²) in [6.07, 6.45) is 0. The van der Waals surface area contributed by atoms with E-state index >= 15 is 0 Å². The van der Waals surface area contributed by atoms with E-state index in [9.17, 15) is 17.4 Å². The summed E-state index contributed by atoms with van der Waals surface area (Å²) in [7, 11) is 0. The summed E-state index contributed by atoms with van der Waals surface area (Å²) in [6.45, 7) is 0. The first kappa shape index (κ1) is 10.5. The molecule has 1 aromatic carbocycles. The van der Waals surface area contributed by atoms with E-state index in [0.717, 1.165) is 0 Å². The lowest BCUT2D eigenvalue weighted by molar-refractivity contribution is -0.0328. The molecule has 0 aromatic heterocycles. The highest BCUT2D eigenvalue weighted by atomic mass is 32.2. The SMILES string of the molecule is O=[S+]c1cccc(SC(F)(F)F)c1. The van der Waals surface area contributed by atoms with Crippen molar-refractivity contribution in [1.82, 2.24) is 0 Å². The number of hydrogen-bond donors (Lipinski definition) is 0. The fourth-order valence-corrected chi connectivity index (χ4v) is 1.71. The number of alkyl halides is 3. The highest BCUT2D eigenvalue weighted by molar-refractivity contribution is 8.00. The Balaban J connectivity index is 2.84. The highest BCUT2D eigenvalue weighted by Gasteiger charge is 2.29. The van der Waals surface area contributed by atoms with E-state index in [-0.39, 0.29) is 33.2 Å². The van der Waals surface area contributed by atoms with Gasteiger partial charge in [0.05, 0.1) is 0 Å². The lowest BCUT2D eigenvalue weighted by atomic mass is 10.4. The normalized spacial score (nSPS) is 11.3. The Labute approximate surface area is 80.8 Å². The van der Waals surface area contributed by atoms with Gasteiger partial charge in [0.1, 0.15) is 0 Å². The molecule has 70 valence electrons. The molecule has 0 atom stereocenters. The van der Waals surface area contributed by atoms with Crippen molar-refractivity contribution in [2.24, 2.45) is 0 Å². The third-order valence-corrected chi connectivity index (χ3v) is 2.30. The van der Waals surface area contributed by atoms with Crippen molar-refractivity contribution >= 4 is 23.4 Å². The van der Waals surface area contributed by atoms with Crippen molar-refractivity contribution in [2.75, 3.05) is 0 Å². The molecule has 0 bridgehead atoms. The van der Waals surface area contributed by atoms with E-state index in [1.807, 2.05) is 0 Å². The predicted octanol–water partition coefficient (Wildman–Crippen LogP) is 3.09. The van der Waals surface area contributed by atoms with E-state index in [1.165, 1.54) is 24.3 Å². The molecule has 1 rings (SSSR count). The molecule has 1 aromatic rings. The molecule has 13 heavy (non-hydrogen) atoms. The van der Waals surface area contributed by atoms with Crippen LogP contribution in [-0.4, -0.2) is 5.51 Å². The van der Waals surface area contributed by atoms with Gasteiger partial charge in [-0.25, -0.2) is 0 Å². The van der Waals surface area contributed by atoms with Crippen LogP contribution in [0.3, 0.4) is 0 Å². The van der Waals surface area contributed by atoms with Crippen LogP contribution in [0.15, 0.2) is 34.1 Å². The van der Waals surface area contributed by atoms with E-state index in [2.05, 4.69) is 0 Å². The van der Waals surface area contributed by atoms with Gasteiger partial charge in [-0.1, -0.05) is 6.07 Å². The van der Waals surface area contributed by atoms with Crippen LogP contribution in [0.1, 0.15) is 0 Å². The van der Waals surface area contributed by atoms with Gasteiger partial charge >= 0.3 is 17.2 Å². The average Bonchev–Trinajstić information content (AvgIpc) is 2.01. The lowest BCUT2D eigenvalue weighted by Gasteiger charge is -2.03.